The molecule has 1 aromatic rings. The van der Waals surface area contributed by atoms with Gasteiger partial charge in [0, 0.05) is 11.7 Å². The lowest BCUT2D eigenvalue weighted by molar-refractivity contribution is 0.242. The Morgan fingerprint density at radius 1 is 1.24 bits per heavy atom. The third-order valence-corrected chi connectivity index (χ3v) is 3.28. The van der Waals surface area contributed by atoms with Crippen LogP contribution in [0.25, 0.3) is 0 Å². The van der Waals surface area contributed by atoms with Crippen LogP contribution in [0, 0.1) is 12.8 Å². The van der Waals surface area contributed by atoms with Gasteiger partial charge >= 0.3 is 0 Å². The van der Waals surface area contributed by atoms with Crippen LogP contribution >= 0.6 is 0 Å². The molecule has 0 aromatic heterocycles. The molecule has 1 atom stereocenters. The van der Waals surface area contributed by atoms with Crippen LogP contribution in [0.5, 0.6) is 5.75 Å². The number of hydrogen-bond acceptors (Lipinski definition) is 2. The van der Waals surface area contributed by atoms with Crippen molar-refractivity contribution in [3.63, 3.8) is 0 Å². The van der Waals surface area contributed by atoms with E-state index in [9.17, 15) is 0 Å². The minimum atomic E-state index is 0.235. The van der Waals surface area contributed by atoms with Crippen molar-refractivity contribution in [2.75, 3.05) is 5.32 Å². The molecule has 1 N–H and O–H groups in total. The van der Waals surface area contributed by atoms with Crippen molar-refractivity contribution in [3.8, 4) is 5.75 Å². The number of aryl methyl sites for hydroxylation is 1. The lowest BCUT2D eigenvalue weighted by Crippen LogP contribution is -2.17. The standard InChI is InChI=1S/C15H23NO/c1-10(2)17-14-7-8-15(11(3)9-14)16-12(4)13-5-6-13/h7-10,12-13,16H,5-6H2,1-4H3. The summed E-state index contributed by atoms with van der Waals surface area (Å²) in [5, 5.41) is 3.60. The second-order valence-electron chi connectivity index (χ2n) is 5.41. The molecular weight excluding hydrogens is 210 g/mol. The number of hydrogen-bond donors (Lipinski definition) is 1. The Morgan fingerprint density at radius 3 is 2.47 bits per heavy atom. The third-order valence-electron chi connectivity index (χ3n) is 3.28. The van der Waals surface area contributed by atoms with E-state index in [1.807, 2.05) is 0 Å². The largest absolute Gasteiger partial charge is 0.491 e. The summed E-state index contributed by atoms with van der Waals surface area (Å²) >= 11 is 0. The highest BCUT2D eigenvalue weighted by atomic mass is 16.5. The average molecular weight is 233 g/mol. The Balaban J connectivity index is 2.02. The zero-order chi connectivity index (χ0) is 12.4. The highest BCUT2D eigenvalue weighted by Crippen LogP contribution is 2.34. The molecule has 94 valence electrons. The Labute approximate surface area is 104 Å². The predicted molar refractivity (Wildman–Crippen MR) is 72.8 cm³/mol. The zero-order valence-corrected chi connectivity index (χ0v) is 11.3. The van der Waals surface area contributed by atoms with Crippen molar-refractivity contribution in [2.24, 2.45) is 5.92 Å². The van der Waals surface area contributed by atoms with Gasteiger partial charge in [0.1, 0.15) is 5.75 Å². The van der Waals surface area contributed by atoms with Gasteiger partial charge in [0.2, 0.25) is 0 Å². The van der Waals surface area contributed by atoms with E-state index in [-0.39, 0.29) is 6.10 Å². The topological polar surface area (TPSA) is 21.3 Å². The van der Waals surface area contributed by atoms with Crippen LogP contribution < -0.4 is 10.1 Å². The summed E-state index contributed by atoms with van der Waals surface area (Å²) < 4.78 is 5.69. The van der Waals surface area contributed by atoms with Gasteiger partial charge in [0.05, 0.1) is 6.10 Å². The van der Waals surface area contributed by atoms with Crippen molar-refractivity contribution in [1.29, 1.82) is 0 Å². The first-order chi connectivity index (χ1) is 8.06. The van der Waals surface area contributed by atoms with Crippen LogP contribution in [0.15, 0.2) is 18.2 Å². The van der Waals surface area contributed by atoms with Gasteiger partial charge in [-0.3, -0.25) is 0 Å². The highest BCUT2D eigenvalue weighted by Gasteiger charge is 2.27. The lowest BCUT2D eigenvalue weighted by atomic mass is 10.1. The number of ether oxygens (including phenoxy) is 1. The van der Waals surface area contributed by atoms with Crippen molar-refractivity contribution in [1.82, 2.24) is 0 Å². The van der Waals surface area contributed by atoms with Crippen LogP contribution in [0.1, 0.15) is 39.2 Å². The number of nitrogens with one attached hydrogen (secondary N) is 1. The van der Waals surface area contributed by atoms with E-state index in [4.69, 9.17) is 4.74 Å². The van der Waals surface area contributed by atoms with E-state index >= 15 is 0 Å². The second-order valence-corrected chi connectivity index (χ2v) is 5.41. The molecule has 0 heterocycles. The molecule has 0 saturated heterocycles. The van der Waals surface area contributed by atoms with E-state index in [2.05, 4.69) is 51.2 Å². The first-order valence-electron chi connectivity index (χ1n) is 6.60. The molecule has 0 amide bonds. The average Bonchev–Trinajstić information content (AvgIpc) is 3.04. The van der Waals surface area contributed by atoms with E-state index < -0.39 is 0 Å². The van der Waals surface area contributed by atoms with E-state index in [1.54, 1.807) is 0 Å². The molecule has 0 bridgehead atoms. The molecule has 1 aliphatic carbocycles. The van der Waals surface area contributed by atoms with Crippen LogP contribution in [0.2, 0.25) is 0 Å². The fourth-order valence-corrected chi connectivity index (χ4v) is 2.10. The molecule has 0 spiro atoms. The Bertz CT molecular complexity index is 383. The predicted octanol–water partition coefficient (Wildman–Crippen LogP) is 3.99. The summed E-state index contributed by atoms with van der Waals surface area (Å²) in [6.07, 6.45) is 2.99. The SMILES string of the molecule is Cc1cc(OC(C)C)ccc1NC(C)C1CC1. The van der Waals surface area contributed by atoms with Gasteiger partial charge in [0.15, 0.2) is 0 Å². The van der Waals surface area contributed by atoms with Gasteiger partial charge in [-0.25, -0.2) is 0 Å². The minimum Gasteiger partial charge on any atom is -0.491 e. The minimum absolute atomic E-state index is 0.235. The molecule has 1 aliphatic rings. The van der Waals surface area contributed by atoms with E-state index in [0.29, 0.717) is 6.04 Å². The summed E-state index contributed by atoms with van der Waals surface area (Å²) in [6.45, 7) is 8.51. The summed E-state index contributed by atoms with van der Waals surface area (Å²) in [5.74, 6) is 1.84. The molecule has 0 aliphatic heterocycles. The molecule has 2 nitrogen and oxygen atoms in total. The van der Waals surface area contributed by atoms with Gasteiger partial charge in [-0.15, -0.1) is 0 Å². The maximum Gasteiger partial charge on any atom is 0.120 e. The molecule has 1 fully saturated rings. The van der Waals surface area contributed by atoms with Crippen LogP contribution in [-0.4, -0.2) is 12.1 Å². The van der Waals surface area contributed by atoms with Gasteiger partial charge in [-0.1, -0.05) is 0 Å². The van der Waals surface area contributed by atoms with Crippen LogP contribution in [-0.2, 0) is 0 Å². The fraction of sp³-hybridized carbons (Fsp3) is 0.600. The Kier molecular flexibility index (Phi) is 3.60. The second kappa shape index (κ2) is 4.99. The normalized spacial score (nSPS) is 17.0. The fourth-order valence-electron chi connectivity index (χ4n) is 2.10. The number of anilines is 1. The lowest BCUT2D eigenvalue weighted by Gasteiger charge is -2.18. The van der Waals surface area contributed by atoms with Gasteiger partial charge in [-0.2, -0.15) is 0 Å². The molecule has 1 saturated carbocycles. The highest BCUT2D eigenvalue weighted by molar-refractivity contribution is 5.54. The summed E-state index contributed by atoms with van der Waals surface area (Å²) in [5.41, 5.74) is 2.50. The Morgan fingerprint density at radius 2 is 1.94 bits per heavy atom. The quantitative estimate of drug-likeness (QED) is 0.830. The molecule has 2 heteroatoms. The maximum absolute atomic E-state index is 5.69. The molecule has 0 radical (unpaired) electrons. The van der Waals surface area contributed by atoms with Gasteiger partial charge < -0.3 is 10.1 Å². The molecule has 1 aromatic carbocycles. The first-order valence-corrected chi connectivity index (χ1v) is 6.60. The van der Waals surface area contributed by atoms with Gasteiger partial charge in [0.25, 0.3) is 0 Å². The summed E-state index contributed by atoms with van der Waals surface area (Å²) in [6, 6.07) is 6.88. The van der Waals surface area contributed by atoms with E-state index in [1.165, 1.54) is 24.1 Å². The summed E-state index contributed by atoms with van der Waals surface area (Å²) in [4.78, 5) is 0. The number of benzene rings is 1. The number of rotatable bonds is 5. The van der Waals surface area contributed by atoms with Gasteiger partial charge in [-0.05, 0) is 70.2 Å². The Hall–Kier alpha value is -1.18. The molecule has 2 rings (SSSR count). The van der Waals surface area contributed by atoms with Crippen LogP contribution in [0.3, 0.4) is 0 Å². The van der Waals surface area contributed by atoms with E-state index in [0.717, 1.165) is 11.7 Å². The third kappa shape index (κ3) is 3.39. The van der Waals surface area contributed by atoms with Crippen LogP contribution in [0.4, 0.5) is 5.69 Å². The van der Waals surface area contributed by atoms with Crippen molar-refractivity contribution < 1.29 is 4.74 Å². The summed E-state index contributed by atoms with van der Waals surface area (Å²) in [7, 11) is 0. The van der Waals surface area contributed by atoms with Crippen molar-refractivity contribution >= 4 is 5.69 Å². The first kappa shape index (κ1) is 12.3. The smallest absolute Gasteiger partial charge is 0.120 e. The van der Waals surface area contributed by atoms with Crippen molar-refractivity contribution in [3.05, 3.63) is 23.8 Å². The maximum atomic E-state index is 5.69. The van der Waals surface area contributed by atoms with Crippen molar-refractivity contribution in [2.45, 2.75) is 52.7 Å². The molecular formula is C15H23NO. The molecule has 17 heavy (non-hydrogen) atoms. The zero-order valence-electron chi connectivity index (χ0n) is 11.3. The molecule has 1 unspecified atom stereocenters. The monoisotopic (exact) mass is 233 g/mol.